The van der Waals surface area contributed by atoms with Gasteiger partial charge < -0.3 is 5.32 Å². The Kier molecular flexibility index (Phi) is 4.69. The highest BCUT2D eigenvalue weighted by Gasteiger charge is 2.18. The van der Waals surface area contributed by atoms with Crippen molar-refractivity contribution in [1.82, 2.24) is 0 Å². The Hall–Kier alpha value is -1.84. The van der Waals surface area contributed by atoms with Gasteiger partial charge in [-0.15, -0.1) is 11.3 Å². The molecule has 1 N–H and O–H groups in total. The fraction of sp³-hybridized carbons (Fsp3) is 0.211. The van der Waals surface area contributed by atoms with E-state index in [1.54, 1.807) is 0 Å². The fourth-order valence-corrected chi connectivity index (χ4v) is 4.01. The molecule has 0 aliphatic rings. The molecule has 0 aliphatic heterocycles. The van der Waals surface area contributed by atoms with Crippen LogP contribution in [0.2, 0.25) is 5.02 Å². The van der Waals surface area contributed by atoms with Crippen LogP contribution in [0.15, 0.2) is 48.5 Å². The minimum atomic E-state index is -0.146. The number of rotatable bonds is 4. The standard InChI is InChI=1S/C19H18ClNOS/c1-3-12(2)13-8-4-6-10-15(13)21-19(22)18-17(20)14-9-5-7-11-16(14)23-18/h4-12H,3H2,1-2H3,(H,21,22)/t12-/m1/s1. The van der Waals surface area contributed by atoms with Crippen LogP contribution < -0.4 is 5.32 Å². The lowest BCUT2D eigenvalue weighted by atomic mass is 9.97. The molecule has 0 radical (unpaired) electrons. The molecule has 1 amide bonds. The molecule has 2 nitrogen and oxygen atoms in total. The first-order chi connectivity index (χ1) is 11.1. The number of para-hydroxylation sites is 1. The van der Waals surface area contributed by atoms with Crippen molar-refractivity contribution in [3.05, 3.63) is 64.0 Å². The molecule has 0 bridgehead atoms. The van der Waals surface area contributed by atoms with E-state index < -0.39 is 0 Å². The monoisotopic (exact) mass is 343 g/mol. The predicted molar refractivity (Wildman–Crippen MR) is 99.9 cm³/mol. The SMILES string of the molecule is CC[C@@H](C)c1ccccc1NC(=O)c1sc2ccccc2c1Cl. The average molecular weight is 344 g/mol. The second-order valence-electron chi connectivity index (χ2n) is 5.59. The molecule has 0 unspecified atom stereocenters. The van der Waals surface area contributed by atoms with E-state index in [1.807, 2.05) is 42.5 Å². The van der Waals surface area contributed by atoms with Crippen LogP contribution in [0, 0.1) is 0 Å². The van der Waals surface area contributed by atoms with Gasteiger partial charge in [-0.25, -0.2) is 0 Å². The molecule has 0 spiro atoms. The predicted octanol–water partition coefficient (Wildman–Crippen LogP) is 6.32. The van der Waals surface area contributed by atoms with E-state index in [2.05, 4.69) is 25.2 Å². The third-order valence-corrected chi connectivity index (χ3v) is 5.77. The summed E-state index contributed by atoms with van der Waals surface area (Å²) in [6.07, 6.45) is 1.02. The third-order valence-electron chi connectivity index (χ3n) is 4.09. The van der Waals surface area contributed by atoms with E-state index in [0.717, 1.165) is 27.8 Å². The zero-order chi connectivity index (χ0) is 16.4. The van der Waals surface area contributed by atoms with Crippen molar-refractivity contribution >= 4 is 44.6 Å². The van der Waals surface area contributed by atoms with Gasteiger partial charge in [-0.1, -0.05) is 61.8 Å². The summed E-state index contributed by atoms with van der Waals surface area (Å²) in [5, 5.41) is 4.49. The maximum Gasteiger partial charge on any atom is 0.267 e. The van der Waals surface area contributed by atoms with Gasteiger partial charge >= 0.3 is 0 Å². The summed E-state index contributed by atoms with van der Waals surface area (Å²) in [6, 6.07) is 15.8. The van der Waals surface area contributed by atoms with Crippen LogP contribution in [-0.4, -0.2) is 5.91 Å². The van der Waals surface area contributed by atoms with Gasteiger partial charge in [-0.3, -0.25) is 4.79 Å². The summed E-state index contributed by atoms with van der Waals surface area (Å²) in [5.41, 5.74) is 2.01. The lowest BCUT2D eigenvalue weighted by molar-refractivity contribution is 0.103. The molecule has 23 heavy (non-hydrogen) atoms. The van der Waals surface area contributed by atoms with E-state index in [9.17, 15) is 4.79 Å². The fourth-order valence-electron chi connectivity index (χ4n) is 2.60. The molecule has 1 heterocycles. The van der Waals surface area contributed by atoms with E-state index in [4.69, 9.17) is 11.6 Å². The van der Waals surface area contributed by atoms with Crippen LogP contribution in [0.1, 0.15) is 41.4 Å². The lowest BCUT2D eigenvalue weighted by Gasteiger charge is -2.15. The van der Waals surface area contributed by atoms with Gasteiger partial charge in [0, 0.05) is 15.8 Å². The van der Waals surface area contributed by atoms with Crippen LogP contribution in [0.25, 0.3) is 10.1 Å². The van der Waals surface area contributed by atoms with Crippen molar-refractivity contribution in [2.24, 2.45) is 0 Å². The summed E-state index contributed by atoms with van der Waals surface area (Å²) in [4.78, 5) is 13.2. The Morgan fingerprint density at radius 1 is 1.17 bits per heavy atom. The number of fused-ring (bicyclic) bond motifs is 1. The Balaban J connectivity index is 1.94. The molecular weight excluding hydrogens is 326 g/mol. The van der Waals surface area contributed by atoms with Gasteiger partial charge in [0.15, 0.2) is 0 Å². The summed E-state index contributed by atoms with van der Waals surface area (Å²) >= 11 is 7.82. The highest BCUT2D eigenvalue weighted by atomic mass is 35.5. The Morgan fingerprint density at radius 3 is 2.61 bits per heavy atom. The minimum Gasteiger partial charge on any atom is -0.321 e. The van der Waals surface area contributed by atoms with Crippen molar-refractivity contribution in [2.45, 2.75) is 26.2 Å². The van der Waals surface area contributed by atoms with Crippen molar-refractivity contribution in [2.75, 3.05) is 5.32 Å². The molecule has 0 aliphatic carbocycles. The molecule has 0 fully saturated rings. The smallest absolute Gasteiger partial charge is 0.267 e. The molecule has 1 atom stereocenters. The van der Waals surface area contributed by atoms with Crippen LogP contribution in [0.3, 0.4) is 0 Å². The zero-order valence-corrected chi connectivity index (χ0v) is 14.7. The number of nitrogens with one attached hydrogen (secondary N) is 1. The van der Waals surface area contributed by atoms with Crippen molar-refractivity contribution in [3.8, 4) is 0 Å². The normalized spacial score (nSPS) is 12.3. The van der Waals surface area contributed by atoms with Crippen molar-refractivity contribution in [1.29, 1.82) is 0 Å². The molecule has 118 valence electrons. The highest BCUT2D eigenvalue weighted by Crippen LogP contribution is 2.36. The number of amides is 1. The van der Waals surface area contributed by atoms with E-state index >= 15 is 0 Å². The van der Waals surface area contributed by atoms with Gasteiger partial charge in [0.1, 0.15) is 4.88 Å². The molecular formula is C19H18ClNOS. The number of hydrogen-bond acceptors (Lipinski definition) is 2. The van der Waals surface area contributed by atoms with Crippen LogP contribution in [0.4, 0.5) is 5.69 Å². The molecule has 3 aromatic rings. The first-order valence-electron chi connectivity index (χ1n) is 7.69. The third kappa shape index (κ3) is 3.12. The topological polar surface area (TPSA) is 29.1 Å². The van der Waals surface area contributed by atoms with Gasteiger partial charge in [-0.05, 0) is 30.0 Å². The average Bonchev–Trinajstić information content (AvgIpc) is 2.92. The number of hydrogen-bond donors (Lipinski definition) is 1. The number of carbonyl (C=O) groups is 1. The van der Waals surface area contributed by atoms with Gasteiger partial charge in [0.2, 0.25) is 0 Å². The maximum atomic E-state index is 12.7. The first-order valence-corrected chi connectivity index (χ1v) is 8.88. The van der Waals surface area contributed by atoms with Crippen molar-refractivity contribution in [3.63, 3.8) is 0 Å². The van der Waals surface area contributed by atoms with Gasteiger partial charge in [0.05, 0.1) is 5.02 Å². The molecule has 1 aromatic heterocycles. The molecule has 0 saturated carbocycles. The Labute approximate surface area is 145 Å². The largest absolute Gasteiger partial charge is 0.321 e. The number of anilines is 1. The molecule has 4 heteroatoms. The second-order valence-corrected chi connectivity index (χ2v) is 7.02. The summed E-state index contributed by atoms with van der Waals surface area (Å²) in [6.45, 7) is 4.31. The number of carbonyl (C=O) groups excluding carboxylic acids is 1. The van der Waals surface area contributed by atoms with Crippen LogP contribution >= 0.6 is 22.9 Å². The first kappa shape index (κ1) is 16.0. The number of benzene rings is 2. The number of halogens is 1. The second kappa shape index (κ2) is 6.73. The minimum absolute atomic E-state index is 0.146. The Morgan fingerprint density at radius 2 is 1.87 bits per heavy atom. The van der Waals surface area contributed by atoms with Crippen LogP contribution in [0.5, 0.6) is 0 Å². The van der Waals surface area contributed by atoms with E-state index in [-0.39, 0.29) is 5.91 Å². The van der Waals surface area contributed by atoms with E-state index in [0.29, 0.717) is 15.8 Å². The molecule has 3 rings (SSSR count). The van der Waals surface area contributed by atoms with Crippen molar-refractivity contribution < 1.29 is 4.79 Å². The quantitative estimate of drug-likeness (QED) is 0.590. The maximum absolute atomic E-state index is 12.7. The van der Waals surface area contributed by atoms with Crippen LogP contribution in [-0.2, 0) is 0 Å². The lowest BCUT2D eigenvalue weighted by Crippen LogP contribution is -2.13. The summed E-state index contributed by atoms with van der Waals surface area (Å²) in [7, 11) is 0. The molecule has 2 aromatic carbocycles. The van der Waals surface area contributed by atoms with Gasteiger partial charge in [0.25, 0.3) is 5.91 Å². The zero-order valence-electron chi connectivity index (χ0n) is 13.1. The summed E-state index contributed by atoms with van der Waals surface area (Å²) < 4.78 is 1.03. The Bertz CT molecular complexity index is 855. The highest BCUT2D eigenvalue weighted by molar-refractivity contribution is 7.21. The number of thiophene rings is 1. The molecule has 0 saturated heterocycles. The summed E-state index contributed by atoms with van der Waals surface area (Å²) in [5.74, 6) is 0.247. The van der Waals surface area contributed by atoms with Gasteiger partial charge in [-0.2, -0.15) is 0 Å². The van der Waals surface area contributed by atoms with E-state index in [1.165, 1.54) is 11.3 Å².